The van der Waals surface area contributed by atoms with Gasteiger partial charge in [-0.05, 0) is 44.9 Å². The van der Waals surface area contributed by atoms with Crippen molar-refractivity contribution in [3.8, 4) is 16.3 Å². The maximum absolute atomic E-state index is 12.3. The molecule has 0 radical (unpaired) electrons. The van der Waals surface area contributed by atoms with Crippen LogP contribution < -0.4 is 10.2 Å². The zero-order chi connectivity index (χ0) is 16.6. The Morgan fingerprint density at radius 1 is 1.13 bits per heavy atom. The Morgan fingerprint density at radius 2 is 1.91 bits per heavy atom. The smallest absolute Gasteiger partial charge is 0.186 e. The molecule has 23 heavy (non-hydrogen) atoms. The normalized spacial score (nSPS) is 11.3. The first-order valence-corrected chi connectivity index (χ1v) is 8.81. The molecule has 0 N–H and O–H groups in total. The van der Waals surface area contributed by atoms with Crippen molar-refractivity contribution < 1.29 is 4.74 Å². The summed E-state index contributed by atoms with van der Waals surface area (Å²) in [7, 11) is 0. The van der Waals surface area contributed by atoms with Gasteiger partial charge in [-0.3, -0.25) is 4.79 Å². The van der Waals surface area contributed by atoms with Crippen LogP contribution >= 0.6 is 11.3 Å². The second-order valence-electron chi connectivity index (χ2n) is 5.93. The Balaban J connectivity index is 2.17. The van der Waals surface area contributed by atoms with Crippen LogP contribution in [0, 0.1) is 20.8 Å². The fourth-order valence-corrected chi connectivity index (χ4v) is 3.77. The Hall–Kier alpha value is -1.94. The predicted octanol–water partition coefficient (Wildman–Crippen LogP) is 4.87. The highest BCUT2D eigenvalue weighted by atomic mass is 32.1. The zero-order valence-electron chi connectivity index (χ0n) is 14.0. The topological polar surface area (TPSA) is 39.2 Å². The van der Waals surface area contributed by atoms with Gasteiger partial charge in [-0.25, -0.2) is 4.98 Å². The molecular formula is C19H21NO2S. The molecule has 1 heterocycles. The van der Waals surface area contributed by atoms with Gasteiger partial charge in [-0.2, -0.15) is 0 Å². The van der Waals surface area contributed by atoms with Gasteiger partial charge in [0.25, 0.3) is 0 Å². The molecule has 0 aromatic heterocycles. The second kappa shape index (κ2) is 6.28. The van der Waals surface area contributed by atoms with E-state index in [1.165, 1.54) is 0 Å². The Bertz CT molecular complexity index is 898. The maximum atomic E-state index is 12.3. The Morgan fingerprint density at radius 3 is 2.65 bits per heavy atom. The molecule has 0 atom stereocenters. The fourth-order valence-electron chi connectivity index (χ4n) is 2.67. The second-order valence-corrected chi connectivity index (χ2v) is 6.98. The number of hydrogen-bond donors (Lipinski definition) is 0. The van der Waals surface area contributed by atoms with Crippen LogP contribution in [0.5, 0.6) is 5.75 Å². The van der Waals surface area contributed by atoms with Gasteiger partial charge in [-0.1, -0.05) is 13.3 Å². The van der Waals surface area contributed by atoms with Gasteiger partial charge in [0.2, 0.25) is 0 Å². The zero-order valence-corrected chi connectivity index (χ0v) is 14.8. The van der Waals surface area contributed by atoms with Crippen LogP contribution in [-0.2, 0) is 0 Å². The number of ether oxygens (including phenoxy) is 1. The monoisotopic (exact) mass is 327 g/mol. The molecule has 1 aromatic rings. The minimum absolute atomic E-state index is 0.131. The number of nitrogens with zero attached hydrogens (tertiary/aromatic N) is 1. The molecule has 0 saturated carbocycles. The van der Waals surface area contributed by atoms with Crippen LogP contribution in [0.4, 0.5) is 0 Å². The van der Waals surface area contributed by atoms with Crippen molar-refractivity contribution in [2.75, 3.05) is 6.61 Å². The van der Waals surface area contributed by atoms with E-state index in [2.05, 4.69) is 6.92 Å². The first-order valence-electron chi connectivity index (χ1n) is 8.00. The van der Waals surface area contributed by atoms with Crippen molar-refractivity contribution in [3.05, 3.63) is 45.1 Å². The summed E-state index contributed by atoms with van der Waals surface area (Å²) in [6, 6.07) is 6.01. The molecule has 0 saturated heterocycles. The van der Waals surface area contributed by atoms with Crippen molar-refractivity contribution in [3.63, 3.8) is 0 Å². The van der Waals surface area contributed by atoms with E-state index >= 15 is 0 Å². The Labute approximate surface area is 140 Å². The third-order valence-electron chi connectivity index (χ3n) is 4.30. The minimum Gasteiger partial charge on any atom is -0.494 e. The van der Waals surface area contributed by atoms with E-state index < -0.39 is 0 Å². The summed E-state index contributed by atoms with van der Waals surface area (Å²) in [5.41, 5.74) is 4.56. The molecule has 0 fully saturated rings. The lowest BCUT2D eigenvalue weighted by molar-refractivity contribution is 0.310. The van der Waals surface area contributed by atoms with E-state index in [0.717, 1.165) is 62.7 Å². The number of unbranched alkanes of at least 4 members (excludes halogenated alkanes) is 1. The van der Waals surface area contributed by atoms with E-state index in [9.17, 15) is 4.79 Å². The van der Waals surface area contributed by atoms with Crippen molar-refractivity contribution >= 4 is 21.6 Å². The van der Waals surface area contributed by atoms with Gasteiger partial charge in [0.1, 0.15) is 5.75 Å². The van der Waals surface area contributed by atoms with Gasteiger partial charge in [0.05, 0.1) is 27.4 Å². The average molecular weight is 327 g/mol. The standard InChI is InChI=1S/C19H21NO2S/c1-5-6-9-22-14-7-8-16-15(10-14)20-17-11(2)12(3)18(21)13(4)19(17)23-16/h7-8,10H,5-6,9H2,1-4H3. The van der Waals surface area contributed by atoms with E-state index in [-0.39, 0.29) is 5.43 Å². The summed E-state index contributed by atoms with van der Waals surface area (Å²) in [5.74, 6) is 0.858. The van der Waals surface area contributed by atoms with Crippen LogP contribution in [0.1, 0.15) is 36.5 Å². The first-order chi connectivity index (χ1) is 11.0. The Kier molecular flexibility index (Phi) is 4.35. The van der Waals surface area contributed by atoms with Gasteiger partial charge in [0.15, 0.2) is 5.43 Å². The highest BCUT2D eigenvalue weighted by molar-refractivity contribution is 7.21. The SMILES string of the molecule is CCCCOc1ccc2sc3c(C)c(=O)c(C)c(C)c-3nc2c1. The molecule has 0 unspecified atom stereocenters. The molecule has 0 spiro atoms. The van der Waals surface area contributed by atoms with E-state index in [0.29, 0.717) is 0 Å². The molecule has 4 heteroatoms. The van der Waals surface area contributed by atoms with Crippen LogP contribution in [0.25, 0.3) is 20.8 Å². The summed E-state index contributed by atoms with van der Waals surface area (Å²) in [6.45, 7) is 8.63. The summed E-state index contributed by atoms with van der Waals surface area (Å²) in [6.07, 6.45) is 2.17. The van der Waals surface area contributed by atoms with Crippen molar-refractivity contribution in [1.82, 2.24) is 4.98 Å². The maximum Gasteiger partial charge on any atom is 0.186 e. The van der Waals surface area contributed by atoms with Gasteiger partial charge >= 0.3 is 0 Å². The lowest BCUT2D eigenvalue weighted by atomic mass is 10.0. The number of benzene rings is 2. The van der Waals surface area contributed by atoms with Crippen LogP contribution in [0.2, 0.25) is 0 Å². The fraction of sp³-hybridized carbons (Fsp3) is 0.368. The summed E-state index contributed by atoms with van der Waals surface area (Å²) < 4.78 is 6.85. The van der Waals surface area contributed by atoms with Crippen LogP contribution in [0.15, 0.2) is 23.0 Å². The third-order valence-corrected chi connectivity index (χ3v) is 5.56. The lowest BCUT2D eigenvalue weighted by Gasteiger charge is -2.14. The van der Waals surface area contributed by atoms with Gasteiger partial charge < -0.3 is 4.74 Å². The van der Waals surface area contributed by atoms with Crippen molar-refractivity contribution in [2.45, 2.75) is 40.5 Å². The van der Waals surface area contributed by atoms with Crippen LogP contribution in [0.3, 0.4) is 0 Å². The summed E-state index contributed by atoms with van der Waals surface area (Å²) in [5, 5.41) is 0. The molecule has 1 aromatic carbocycles. The van der Waals surface area contributed by atoms with Crippen molar-refractivity contribution in [1.29, 1.82) is 0 Å². The highest BCUT2D eigenvalue weighted by Gasteiger charge is 2.18. The molecule has 3 nitrogen and oxygen atoms in total. The van der Waals surface area contributed by atoms with Crippen molar-refractivity contribution in [2.24, 2.45) is 0 Å². The highest BCUT2D eigenvalue weighted by Crippen LogP contribution is 2.36. The van der Waals surface area contributed by atoms with Gasteiger partial charge in [-0.15, -0.1) is 11.3 Å². The minimum atomic E-state index is 0.131. The lowest BCUT2D eigenvalue weighted by Crippen LogP contribution is -2.13. The van der Waals surface area contributed by atoms with E-state index in [1.807, 2.05) is 39.0 Å². The van der Waals surface area contributed by atoms with Gasteiger partial charge in [0, 0.05) is 17.2 Å². The average Bonchev–Trinajstić information content (AvgIpc) is 2.57. The summed E-state index contributed by atoms with van der Waals surface area (Å²) in [4.78, 5) is 18.1. The predicted molar refractivity (Wildman–Crippen MR) is 97.1 cm³/mol. The molecule has 2 aliphatic rings. The summed E-state index contributed by atoms with van der Waals surface area (Å²) >= 11 is 1.63. The van der Waals surface area contributed by atoms with E-state index in [4.69, 9.17) is 9.72 Å². The number of fused-ring (bicyclic) bond motifs is 2. The largest absolute Gasteiger partial charge is 0.494 e. The molecule has 120 valence electrons. The number of rotatable bonds is 4. The quantitative estimate of drug-likeness (QED) is 0.507. The molecule has 0 amide bonds. The number of aromatic nitrogens is 1. The molecule has 1 aliphatic heterocycles. The molecule has 3 rings (SSSR count). The molecular weight excluding hydrogens is 306 g/mol. The van der Waals surface area contributed by atoms with Crippen LogP contribution in [-0.4, -0.2) is 11.6 Å². The first kappa shape index (κ1) is 15.9. The molecule has 1 aliphatic carbocycles. The molecule has 0 bridgehead atoms. The number of hydrogen-bond acceptors (Lipinski definition) is 4. The van der Waals surface area contributed by atoms with E-state index in [1.54, 1.807) is 11.3 Å². The third kappa shape index (κ3) is 2.83.